The smallest absolute Gasteiger partial charge is 0.255 e. The summed E-state index contributed by atoms with van der Waals surface area (Å²) in [4.78, 5) is 14.7. The Bertz CT molecular complexity index is 489. The molecule has 1 atom stereocenters. The first-order valence-corrected chi connectivity index (χ1v) is 8.74. The molecule has 0 bridgehead atoms. The van der Waals surface area contributed by atoms with E-state index in [1.165, 1.54) is 12.8 Å². The number of nitrogens with zero attached hydrogens (tertiary/aromatic N) is 1. The van der Waals surface area contributed by atoms with E-state index >= 15 is 0 Å². The molecule has 1 aromatic rings. The molecule has 1 heterocycles. The molecule has 1 fully saturated rings. The summed E-state index contributed by atoms with van der Waals surface area (Å²) in [5.41, 5.74) is 0.586. The van der Waals surface area contributed by atoms with E-state index < -0.39 is 0 Å². The fourth-order valence-electron chi connectivity index (χ4n) is 2.77. The normalized spacial score (nSPS) is 18.5. The second kappa shape index (κ2) is 8.16. The largest absolute Gasteiger partial charge is 0.338 e. The maximum absolute atomic E-state index is 12.8. The van der Waals surface area contributed by atoms with Crippen molar-refractivity contribution in [3.63, 3.8) is 0 Å². The number of amides is 1. The van der Waals surface area contributed by atoms with Crippen LogP contribution in [0.1, 0.15) is 36.5 Å². The highest BCUT2D eigenvalue weighted by Gasteiger charge is 2.22. The number of benzene rings is 1. The summed E-state index contributed by atoms with van der Waals surface area (Å²) in [7, 11) is 0. The highest BCUT2D eigenvalue weighted by atomic mass is 79.9. The van der Waals surface area contributed by atoms with Crippen molar-refractivity contribution in [2.24, 2.45) is 5.92 Å². The number of carbonyl (C=O) groups excluding carboxylic acids is 1. The zero-order chi connectivity index (χ0) is 15.2. The van der Waals surface area contributed by atoms with Gasteiger partial charge in [-0.3, -0.25) is 4.79 Å². The second-order valence-electron chi connectivity index (χ2n) is 5.59. The maximum atomic E-state index is 12.8. The summed E-state index contributed by atoms with van der Waals surface area (Å²) in [6, 6.07) is 5.44. The van der Waals surface area contributed by atoms with Gasteiger partial charge in [0.2, 0.25) is 0 Å². The molecule has 0 spiro atoms. The summed E-state index contributed by atoms with van der Waals surface area (Å²) in [6.07, 6.45) is 3.33. The van der Waals surface area contributed by atoms with Gasteiger partial charge in [-0.1, -0.05) is 34.5 Å². The van der Waals surface area contributed by atoms with E-state index in [-0.39, 0.29) is 5.91 Å². The van der Waals surface area contributed by atoms with Gasteiger partial charge in [-0.05, 0) is 56.5 Å². The van der Waals surface area contributed by atoms with E-state index in [0.29, 0.717) is 16.5 Å². The van der Waals surface area contributed by atoms with E-state index in [2.05, 4.69) is 28.2 Å². The Kier molecular flexibility index (Phi) is 6.52. The Morgan fingerprint density at radius 3 is 3.00 bits per heavy atom. The van der Waals surface area contributed by atoms with Gasteiger partial charge < -0.3 is 10.2 Å². The van der Waals surface area contributed by atoms with Gasteiger partial charge in [0.15, 0.2) is 0 Å². The van der Waals surface area contributed by atoms with Crippen LogP contribution >= 0.6 is 27.5 Å². The molecule has 1 amide bonds. The zero-order valence-electron chi connectivity index (χ0n) is 12.4. The molecule has 0 saturated carbocycles. The van der Waals surface area contributed by atoms with Crippen LogP contribution in [0.4, 0.5) is 0 Å². The molecule has 1 aromatic carbocycles. The van der Waals surface area contributed by atoms with Crippen molar-refractivity contribution in [1.29, 1.82) is 0 Å². The van der Waals surface area contributed by atoms with Crippen molar-refractivity contribution in [2.45, 2.75) is 26.2 Å². The molecule has 21 heavy (non-hydrogen) atoms. The number of piperidine rings is 1. The molecule has 0 aromatic heterocycles. The predicted octanol–water partition coefficient (Wildman–Crippen LogP) is 3.95. The third-order valence-corrected chi connectivity index (χ3v) is 4.64. The first-order chi connectivity index (χ1) is 10.1. The fraction of sp³-hybridized carbons (Fsp3) is 0.562. The van der Waals surface area contributed by atoms with Crippen LogP contribution in [0.25, 0.3) is 0 Å². The average Bonchev–Trinajstić information content (AvgIpc) is 2.49. The fourth-order valence-corrected chi connectivity index (χ4v) is 3.33. The van der Waals surface area contributed by atoms with Crippen LogP contribution in [-0.2, 0) is 0 Å². The van der Waals surface area contributed by atoms with Crippen molar-refractivity contribution < 1.29 is 4.79 Å². The Morgan fingerprint density at radius 2 is 2.33 bits per heavy atom. The van der Waals surface area contributed by atoms with E-state index in [1.807, 2.05) is 17.0 Å². The van der Waals surface area contributed by atoms with Crippen LogP contribution in [0.2, 0.25) is 5.02 Å². The highest BCUT2D eigenvalue weighted by molar-refractivity contribution is 9.10. The van der Waals surface area contributed by atoms with E-state index in [0.717, 1.165) is 37.1 Å². The van der Waals surface area contributed by atoms with Crippen LogP contribution < -0.4 is 5.32 Å². The number of halogens is 2. The molecule has 0 radical (unpaired) electrons. The van der Waals surface area contributed by atoms with Gasteiger partial charge in [0.05, 0.1) is 10.6 Å². The van der Waals surface area contributed by atoms with E-state index in [9.17, 15) is 4.79 Å². The zero-order valence-corrected chi connectivity index (χ0v) is 14.7. The minimum absolute atomic E-state index is 0.0359. The van der Waals surface area contributed by atoms with Crippen molar-refractivity contribution in [3.8, 4) is 0 Å². The van der Waals surface area contributed by atoms with Crippen LogP contribution in [0.3, 0.4) is 0 Å². The third kappa shape index (κ3) is 4.70. The lowest BCUT2D eigenvalue weighted by Crippen LogP contribution is -2.41. The number of hydrogen-bond donors (Lipinski definition) is 1. The van der Waals surface area contributed by atoms with E-state index in [1.54, 1.807) is 6.07 Å². The van der Waals surface area contributed by atoms with Gasteiger partial charge in [-0.2, -0.15) is 0 Å². The molecule has 2 rings (SSSR count). The Balaban J connectivity index is 2.12. The summed E-state index contributed by atoms with van der Waals surface area (Å²) in [5.74, 6) is 0.578. The second-order valence-corrected chi connectivity index (χ2v) is 6.91. The average molecular weight is 374 g/mol. The molecule has 3 nitrogen and oxygen atoms in total. The molecular weight excluding hydrogens is 352 g/mol. The van der Waals surface area contributed by atoms with Gasteiger partial charge in [0, 0.05) is 17.6 Å². The SMILES string of the molecule is CCCN(CC1CCCNC1)C(=O)c1cc(Br)ccc1Cl. The lowest BCUT2D eigenvalue weighted by Gasteiger charge is -2.30. The molecule has 0 aliphatic carbocycles. The third-order valence-electron chi connectivity index (χ3n) is 3.82. The lowest BCUT2D eigenvalue weighted by molar-refractivity contribution is 0.0719. The Morgan fingerprint density at radius 1 is 1.52 bits per heavy atom. The lowest BCUT2D eigenvalue weighted by atomic mass is 9.98. The molecular formula is C16H22BrClN2O. The summed E-state index contributed by atoms with van der Waals surface area (Å²) < 4.78 is 0.881. The molecule has 1 N–H and O–H groups in total. The van der Waals surface area contributed by atoms with E-state index in [4.69, 9.17) is 11.6 Å². The van der Waals surface area contributed by atoms with Gasteiger partial charge in [0.25, 0.3) is 5.91 Å². The Hall–Kier alpha value is -0.580. The quantitative estimate of drug-likeness (QED) is 0.847. The topological polar surface area (TPSA) is 32.3 Å². The first-order valence-electron chi connectivity index (χ1n) is 7.57. The summed E-state index contributed by atoms with van der Waals surface area (Å²) >= 11 is 9.61. The van der Waals surface area contributed by atoms with Crippen molar-refractivity contribution in [2.75, 3.05) is 26.2 Å². The van der Waals surface area contributed by atoms with Gasteiger partial charge in [0.1, 0.15) is 0 Å². The first kappa shape index (κ1) is 16.8. The van der Waals surface area contributed by atoms with Crippen molar-refractivity contribution >= 4 is 33.4 Å². The number of hydrogen-bond acceptors (Lipinski definition) is 2. The Labute approximate surface area is 140 Å². The minimum atomic E-state index is 0.0359. The molecule has 5 heteroatoms. The van der Waals surface area contributed by atoms with Gasteiger partial charge >= 0.3 is 0 Å². The van der Waals surface area contributed by atoms with Crippen molar-refractivity contribution in [1.82, 2.24) is 10.2 Å². The minimum Gasteiger partial charge on any atom is -0.338 e. The van der Waals surface area contributed by atoms with Crippen LogP contribution in [0.15, 0.2) is 22.7 Å². The maximum Gasteiger partial charge on any atom is 0.255 e. The molecule has 1 aliphatic heterocycles. The molecule has 1 saturated heterocycles. The van der Waals surface area contributed by atoms with Crippen LogP contribution in [0, 0.1) is 5.92 Å². The van der Waals surface area contributed by atoms with Crippen LogP contribution in [-0.4, -0.2) is 37.0 Å². The molecule has 1 unspecified atom stereocenters. The number of carbonyl (C=O) groups is 1. The highest BCUT2D eigenvalue weighted by Crippen LogP contribution is 2.23. The number of rotatable bonds is 5. The molecule has 1 aliphatic rings. The van der Waals surface area contributed by atoms with Gasteiger partial charge in [-0.25, -0.2) is 0 Å². The van der Waals surface area contributed by atoms with Gasteiger partial charge in [-0.15, -0.1) is 0 Å². The summed E-state index contributed by atoms with van der Waals surface area (Å²) in [6.45, 7) is 5.78. The number of nitrogens with one attached hydrogen (secondary N) is 1. The monoisotopic (exact) mass is 372 g/mol. The summed E-state index contributed by atoms with van der Waals surface area (Å²) in [5, 5.41) is 3.93. The van der Waals surface area contributed by atoms with Crippen molar-refractivity contribution in [3.05, 3.63) is 33.3 Å². The molecule has 116 valence electrons. The predicted molar refractivity (Wildman–Crippen MR) is 90.9 cm³/mol. The standard InChI is InChI=1S/C16H22BrClN2O/c1-2-8-20(11-12-4-3-7-19-10-12)16(21)14-9-13(17)5-6-15(14)18/h5-6,9,12,19H,2-4,7-8,10-11H2,1H3. The van der Waals surface area contributed by atoms with Crippen LogP contribution in [0.5, 0.6) is 0 Å².